The predicted molar refractivity (Wildman–Crippen MR) is 40.1 cm³/mol. The van der Waals surface area contributed by atoms with Crippen LogP contribution in [0, 0.1) is 18.3 Å². The highest BCUT2D eigenvalue weighted by atomic mass is 16.4. The molecule has 0 amide bonds. The Labute approximate surface area is 64.2 Å². The Morgan fingerprint density at radius 1 is 1.64 bits per heavy atom. The number of nitriles is 1. The van der Waals surface area contributed by atoms with Gasteiger partial charge >= 0.3 is 7.12 Å². The van der Waals surface area contributed by atoms with Crippen molar-refractivity contribution in [2.45, 2.75) is 6.92 Å². The standard InChI is InChI=1S/C6H7BN2O2/c1-4-2-6(7(10)11)9-5(4)3-8/h2,9-11H,1H3. The van der Waals surface area contributed by atoms with Crippen LogP contribution in [0.4, 0.5) is 0 Å². The van der Waals surface area contributed by atoms with Crippen LogP contribution in [0.25, 0.3) is 0 Å². The fraction of sp³-hybridized carbons (Fsp3) is 0.167. The average Bonchev–Trinajstić information content (AvgIpc) is 2.31. The number of nitrogens with zero attached hydrogens (tertiary/aromatic N) is 1. The van der Waals surface area contributed by atoms with E-state index >= 15 is 0 Å². The highest BCUT2D eigenvalue weighted by molar-refractivity contribution is 6.57. The zero-order valence-electron chi connectivity index (χ0n) is 6.00. The molecule has 0 aromatic carbocycles. The second-order valence-electron chi connectivity index (χ2n) is 2.27. The summed E-state index contributed by atoms with van der Waals surface area (Å²) in [6.07, 6.45) is 0. The summed E-state index contributed by atoms with van der Waals surface area (Å²) in [7, 11) is -1.53. The predicted octanol–water partition coefficient (Wildman–Crippen LogP) is -1.13. The van der Waals surface area contributed by atoms with Gasteiger partial charge in [0.05, 0.1) is 0 Å². The molecule has 0 aliphatic carbocycles. The lowest BCUT2D eigenvalue weighted by atomic mass is 9.86. The summed E-state index contributed by atoms with van der Waals surface area (Å²) < 4.78 is 0. The van der Waals surface area contributed by atoms with Crippen molar-refractivity contribution in [3.8, 4) is 6.07 Å². The monoisotopic (exact) mass is 150 g/mol. The van der Waals surface area contributed by atoms with Gasteiger partial charge in [0.2, 0.25) is 0 Å². The molecule has 0 saturated carbocycles. The topological polar surface area (TPSA) is 80.0 Å². The minimum Gasteiger partial charge on any atom is -0.422 e. The third-order valence-corrected chi connectivity index (χ3v) is 1.43. The van der Waals surface area contributed by atoms with Crippen LogP contribution < -0.4 is 5.59 Å². The number of rotatable bonds is 1. The third-order valence-electron chi connectivity index (χ3n) is 1.43. The van der Waals surface area contributed by atoms with Gasteiger partial charge in [0.1, 0.15) is 11.8 Å². The largest absolute Gasteiger partial charge is 0.505 e. The first-order valence-electron chi connectivity index (χ1n) is 3.11. The summed E-state index contributed by atoms with van der Waals surface area (Å²) in [5.74, 6) is 0. The Hall–Kier alpha value is -1.25. The summed E-state index contributed by atoms with van der Waals surface area (Å²) in [6.45, 7) is 1.72. The SMILES string of the molecule is Cc1cc(B(O)O)[nH]c1C#N. The summed E-state index contributed by atoms with van der Waals surface area (Å²) in [6, 6.07) is 3.42. The van der Waals surface area contributed by atoms with Gasteiger partial charge in [-0.2, -0.15) is 5.26 Å². The lowest BCUT2D eigenvalue weighted by Gasteiger charge is -1.89. The van der Waals surface area contributed by atoms with E-state index in [1.807, 2.05) is 6.07 Å². The van der Waals surface area contributed by atoms with E-state index in [1.165, 1.54) is 6.07 Å². The number of aryl methyl sites for hydroxylation is 1. The molecule has 1 rings (SSSR count). The first kappa shape index (κ1) is 7.86. The smallest absolute Gasteiger partial charge is 0.422 e. The molecule has 11 heavy (non-hydrogen) atoms. The van der Waals surface area contributed by atoms with Gasteiger partial charge in [0.25, 0.3) is 0 Å². The molecule has 4 nitrogen and oxygen atoms in total. The molecule has 0 radical (unpaired) electrons. The molecule has 1 aromatic rings. The van der Waals surface area contributed by atoms with Crippen LogP contribution in [0.1, 0.15) is 11.3 Å². The van der Waals surface area contributed by atoms with E-state index in [2.05, 4.69) is 4.98 Å². The normalized spacial score (nSPS) is 9.27. The van der Waals surface area contributed by atoms with Crippen LogP contribution in [-0.2, 0) is 0 Å². The molecule has 3 N–H and O–H groups in total. The Morgan fingerprint density at radius 3 is 2.55 bits per heavy atom. The molecule has 0 bridgehead atoms. The molecule has 0 spiro atoms. The van der Waals surface area contributed by atoms with Crippen molar-refractivity contribution in [3.05, 3.63) is 17.3 Å². The molecule has 0 saturated heterocycles. The van der Waals surface area contributed by atoms with Crippen LogP contribution >= 0.6 is 0 Å². The maximum absolute atomic E-state index is 8.67. The van der Waals surface area contributed by atoms with Gasteiger partial charge in [-0.15, -0.1) is 0 Å². The highest BCUT2D eigenvalue weighted by Crippen LogP contribution is 2.00. The Kier molecular flexibility index (Phi) is 1.99. The Bertz CT molecular complexity index is 300. The average molecular weight is 150 g/mol. The second kappa shape index (κ2) is 2.78. The number of hydrogen-bond donors (Lipinski definition) is 3. The minimum absolute atomic E-state index is 0.249. The Balaban J connectivity index is 3.07. The number of aromatic amines is 1. The molecule has 1 heterocycles. The van der Waals surface area contributed by atoms with Crippen molar-refractivity contribution in [1.82, 2.24) is 4.98 Å². The fourth-order valence-corrected chi connectivity index (χ4v) is 0.840. The first-order valence-corrected chi connectivity index (χ1v) is 3.11. The van der Waals surface area contributed by atoms with Crippen molar-refractivity contribution in [2.75, 3.05) is 0 Å². The molecular weight excluding hydrogens is 143 g/mol. The Morgan fingerprint density at radius 2 is 2.27 bits per heavy atom. The molecule has 0 fully saturated rings. The molecule has 0 unspecified atom stereocenters. The van der Waals surface area contributed by atoms with Gasteiger partial charge in [-0.25, -0.2) is 0 Å². The molecular formula is C6H7BN2O2. The van der Waals surface area contributed by atoms with Crippen molar-refractivity contribution in [3.63, 3.8) is 0 Å². The molecule has 5 heteroatoms. The van der Waals surface area contributed by atoms with Crippen LogP contribution in [0.5, 0.6) is 0 Å². The van der Waals surface area contributed by atoms with Crippen molar-refractivity contribution in [1.29, 1.82) is 5.26 Å². The minimum atomic E-state index is -1.53. The van der Waals surface area contributed by atoms with E-state index in [-0.39, 0.29) is 5.59 Å². The number of hydrogen-bond acceptors (Lipinski definition) is 3. The number of aromatic nitrogens is 1. The van der Waals surface area contributed by atoms with Crippen molar-refractivity contribution < 1.29 is 10.0 Å². The third kappa shape index (κ3) is 1.42. The quantitative estimate of drug-likeness (QED) is 0.443. The fourth-order valence-electron chi connectivity index (χ4n) is 0.840. The maximum Gasteiger partial charge on any atom is 0.505 e. The first-order chi connectivity index (χ1) is 5.15. The van der Waals surface area contributed by atoms with E-state index < -0.39 is 7.12 Å². The van der Waals surface area contributed by atoms with Crippen LogP contribution in [0.2, 0.25) is 0 Å². The molecule has 56 valence electrons. The van der Waals surface area contributed by atoms with Crippen molar-refractivity contribution in [2.24, 2.45) is 0 Å². The molecule has 0 aliphatic rings. The van der Waals surface area contributed by atoms with E-state index in [4.69, 9.17) is 15.3 Å². The highest BCUT2D eigenvalue weighted by Gasteiger charge is 2.14. The second-order valence-corrected chi connectivity index (χ2v) is 2.27. The maximum atomic E-state index is 8.67. The van der Waals surface area contributed by atoms with Crippen LogP contribution in [-0.4, -0.2) is 22.2 Å². The summed E-state index contributed by atoms with van der Waals surface area (Å²) >= 11 is 0. The van der Waals surface area contributed by atoms with Gasteiger partial charge in [0.15, 0.2) is 0 Å². The molecule has 0 aliphatic heterocycles. The number of H-pyrrole nitrogens is 1. The van der Waals surface area contributed by atoms with Gasteiger partial charge in [-0.1, -0.05) is 0 Å². The summed E-state index contributed by atoms with van der Waals surface area (Å²) in [5, 5.41) is 25.8. The van der Waals surface area contributed by atoms with E-state index in [9.17, 15) is 0 Å². The molecule has 0 atom stereocenters. The van der Waals surface area contributed by atoms with Gasteiger partial charge in [-0.05, 0) is 18.6 Å². The lowest BCUT2D eigenvalue weighted by molar-refractivity contribution is 0.424. The van der Waals surface area contributed by atoms with Gasteiger partial charge < -0.3 is 15.0 Å². The zero-order valence-corrected chi connectivity index (χ0v) is 6.00. The van der Waals surface area contributed by atoms with Gasteiger partial charge in [0, 0.05) is 5.59 Å². The van der Waals surface area contributed by atoms with Crippen LogP contribution in [0.15, 0.2) is 6.07 Å². The van der Waals surface area contributed by atoms with Crippen molar-refractivity contribution >= 4 is 12.7 Å². The van der Waals surface area contributed by atoms with Crippen LogP contribution in [0.3, 0.4) is 0 Å². The van der Waals surface area contributed by atoms with E-state index in [0.29, 0.717) is 5.69 Å². The van der Waals surface area contributed by atoms with E-state index in [0.717, 1.165) is 5.56 Å². The summed E-state index contributed by atoms with van der Waals surface area (Å²) in [5.41, 5.74) is 1.34. The lowest BCUT2D eigenvalue weighted by Crippen LogP contribution is -2.30. The summed E-state index contributed by atoms with van der Waals surface area (Å²) in [4.78, 5) is 2.57. The van der Waals surface area contributed by atoms with Gasteiger partial charge in [-0.3, -0.25) is 0 Å². The zero-order chi connectivity index (χ0) is 8.43. The van der Waals surface area contributed by atoms with E-state index in [1.54, 1.807) is 6.92 Å². The molecule has 1 aromatic heterocycles. The number of nitrogens with one attached hydrogen (secondary N) is 1.